The number of thiazole rings is 1. The standard InChI is InChI=1S/C21H25N5O4S2/c1-4-26-19(28)17-18(23-20(32-17)25-9-5-6-10-25)24-21(26)31-12-16(27)22-14-8-7-13(29-2)11-15(14)30-3/h7-8,11H,4-6,9-10,12H2,1-3H3,(H,22,27). The molecule has 1 N–H and O–H groups in total. The molecule has 1 aromatic carbocycles. The summed E-state index contributed by atoms with van der Waals surface area (Å²) in [5, 5.41) is 4.17. The fourth-order valence-electron chi connectivity index (χ4n) is 3.53. The van der Waals surface area contributed by atoms with Crippen molar-refractivity contribution in [2.75, 3.05) is 43.3 Å². The molecule has 0 radical (unpaired) electrons. The Labute approximate surface area is 193 Å². The van der Waals surface area contributed by atoms with E-state index in [1.807, 2.05) is 6.92 Å². The van der Waals surface area contributed by atoms with Crippen LogP contribution in [0.2, 0.25) is 0 Å². The van der Waals surface area contributed by atoms with Crippen LogP contribution in [0, 0.1) is 0 Å². The second-order valence-electron chi connectivity index (χ2n) is 7.19. The van der Waals surface area contributed by atoms with E-state index in [1.165, 1.54) is 30.2 Å². The molecule has 3 heterocycles. The first-order chi connectivity index (χ1) is 15.5. The number of methoxy groups -OCH3 is 2. The molecule has 0 aliphatic carbocycles. The molecule has 1 amide bonds. The molecule has 11 heteroatoms. The lowest BCUT2D eigenvalue weighted by Gasteiger charge is -2.12. The molecule has 1 saturated heterocycles. The largest absolute Gasteiger partial charge is 0.497 e. The molecule has 32 heavy (non-hydrogen) atoms. The van der Waals surface area contributed by atoms with Crippen LogP contribution in [0.4, 0.5) is 10.8 Å². The minimum atomic E-state index is -0.230. The monoisotopic (exact) mass is 475 g/mol. The third kappa shape index (κ3) is 4.53. The summed E-state index contributed by atoms with van der Waals surface area (Å²) in [4.78, 5) is 37.0. The Balaban J connectivity index is 1.52. The summed E-state index contributed by atoms with van der Waals surface area (Å²) in [7, 11) is 3.10. The molecule has 0 atom stereocenters. The molecule has 9 nitrogen and oxygen atoms in total. The lowest BCUT2D eigenvalue weighted by atomic mass is 10.2. The topological polar surface area (TPSA) is 98.6 Å². The smallest absolute Gasteiger partial charge is 0.273 e. The van der Waals surface area contributed by atoms with Crippen LogP contribution in [-0.4, -0.2) is 53.5 Å². The zero-order valence-electron chi connectivity index (χ0n) is 18.2. The van der Waals surface area contributed by atoms with E-state index < -0.39 is 0 Å². The number of fused-ring (bicyclic) bond motifs is 1. The highest BCUT2D eigenvalue weighted by atomic mass is 32.2. The van der Waals surface area contributed by atoms with Gasteiger partial charge in [0.05, 0.1) is 25.7 Å². The molecule has 4 rings (SSSR count). The normalized spacial score (nSPS) is 13.5. The van der Waals surface area contributed by atoms with Gasteiger partial charge in [-0.05, 0) is 31.9 Å². The van der Waals surface area contributed by atoms with E-state index in [4.69, 9.17) is 9.47 Å². The maximum absolute atomic E-state index is 13.0. The number of nitrogens with zero attached hydrogens (tertiary/aromatic N) is 4. The molecule has 170 valence electrons. The van der Waals surface area contributed by atoms with Crippen LogP contribution in [0.3, 0.4) is 0 Å². The van der Waals surface area contributed by atoms with Gasteiger partial charge in [-0.2, -0.15) is 4.98 Å². The van der Waals surface area contributed by atoms with Crippen LogP contribution in [0.5, 0.6) is 11.5 Å². The highest BCUT2D eigenvalue weighted by Crippen LogP contribution is 2.31. The van der Waals surface area contributed by atoms with Gasteiger partial charge >= 0.3 is 0 Å². The van der Waals surface area contributed by atoms with E-state index in [0.29, 0.717) is 39.2 Å². The fraction of sp³-hybridized carbons (Fsp3) is 0.429. The first-order valence-electron chi connectivity index (χ1n) is 10.3. The van der Waals surface area contributed by atoms with Crippen LogP contribution in [0.25, 0.3) is 10.3 Å². The molecule has 1 aliphatic heterocycles. The maximum atomic E-state index is 13.0. The van der Waals surface area contributed by atoms with Gasteiger partial charge < -0.3 is 19.7 Å². The third-order valence-electron chi connectivity index (χ3n) is 5.18. The number of hydrogen-bond donors (Lipinski definition) is 1. The van der Waals surface area contributed by atoms with Crippen molar-refractivity contribution in [3.05, 3.63) is 28.6 Å². The number of carbonyl (C=O) groups is 1. The molecule has 0 unspecified atom stereocenters. The first kappa shape index (κ1) is 22.4. The van der Waals surface area contributed by atoms with Gasteiger partial charge in [0.2, 0.25) is 5.91 Å². The maximum Gasteiger partial charge on any atom is 0.273 e. The van der Waals surface area contributed by atoms with Gasteiger partial charge in [0.25, 0.3) is 5.56 Å². The molecular weight excluding hydrogens is 450 g/mol. The van der Waals surface area contributed by atoms with Crippen LogP contribution in [-0.2, 0) is 11.3 Å². The summed E-state index contributed by atoms with van der Waals surface area (Å²) in [6.07, 6.45) is 2.27. The van der Waals surface area contributed by atoms with E-state index in [9.17, 15) is 9.59 Å². The Morgan fingerprint density at radius 1 is 1.22 bits per heavy atom. The van der Waals surface area contributed by atoms with Crippen molar-refractivity contribution < 1.29 is 14.3 Å². The number of aromatic nitrogens is 3. The van der Waals surface area contributed by atoms with Crippen molar-refractivity contribution >= 4 is 50.2 Å². The molecule has 2 aromatic heterocycles. The summed E-state index contributed by atoms with van der Waals surface area (Å²) in [5.74, 6) is 1.00. The molecule has 0 saturated carbocycles. The van der Waals surface area contributed by atoms with Crippen LogP contribution >= 0.6 is 23.1 Å². The molecular formula is C21H25N5O4S2. The second kappa shape index (κ2) is 9.78. The molecule has 1 aliphatic rings. The highest BCUT2D eigenvalue weighted by Gasteiger charge is 2.21. The number of ether oxygens (including phenoxy) is 2. The van der Waals surface area contributed by atoms with Crippen molar-refractivity contribution in [2.24, 2.45) is 0 Å². The Kier molecular flexibility index (Phi) is 6.85. The van der Waals surface area contributed by atoms with E-state index in [2.05, 4.69) is 20.2 Å². The molecule has 0 bridgehead atoms. The van der Waals surface area contributed by atoms with Crippen LogP contribution in [0.15, 0.2) is 28.2 Å². The predicted octanol–water partition coefficient (Wildman–Crippen LogP) is 3.22. The first-order valence-corrected chi connectivity index (χ1v) is 12.1. The second-order valence-corrected chi connectivity index (χ2v) is 9.11. The van der Waals surface area contributed by atoms with E-state index in [0.717, 1.165) is 31.1 Å². The van der Waals surface area contributed by atoms with Crippen LogP contribution in [0.1, 0.15) is 19.8 Å². The number of hydrogen-bond acceptors (Lipinski definition) is 9. The third-order valence-corrected chi connectivity index (χ3v) is 7.25. The number of nitrogens with one attached hydrogen (secondary N) is 1. The zero-order valence-corrected chi connectivity index (χ0v) is 19.8. The van der Waals surface area contributed by atoms with Crippen molar-refractivity contribution in [3.63, 3.8) is 0 Å². The highest BCUT2D eigenvalue weighted by molar-refractivity contribution is 7.99. The van der Waals surface area contributed by atoms with Gasteiger partial charge in [-0.15, -0.1) is 0 Å². The van der Waals surface area contributed by atoms with Gasteiger partial charge in [-0.1, -0.05) is 23.1 Å². The minimum absolute atomic E-state index is 0.0935. The molecule has 1 fully saturated rings. The Morgan fingerprint density at radius 3 is 2.69 bits per heavy atom. The van der Waals surface area contributed by atoms with Gasteiger partial charge in [0.15, 0.2) is 15.9 Å². The SMILES string of the molecule is CCn1c(SCC(=O)Nc2ccc(OC)cc2OC)nc2nc(N3CCCC3)sc2c1=O. The van der Waals surface area contributed by atoms with Gasteiger partial charge in [0, 0.05) is 25.7 Å². The van der Waals surface area contributed by atoms with Crippen LogP contribution < -0.4 is 25.2 Å². The van der Waals surface area contributed by atoms with Gasteiger partial charge in [0.1, 0.15) is 16.2 Å². The van der Waals surface area contributed by atoms with Crippen molar-refractivity contribution in [2.45, 2.75) is 31.5 Å². The zero-order chi connectivity index (χ0) is 22.7. The Morgan fingerprint density at radius 2 is 2.00 bits per heavy atom. The van der Waals surface area contributed by atoms with Gasteiger partial charge in [-0.3, -0.25) is 14.2 Å². The summed E-state index contributed by atoms with van der Waals surface area (Å²) in [6, 6.07) is 5.17. The fourth-order valence-corrected chi connectivity index (χ4v) is 5.39. The minimum Gasteiger partial charge on any atom is -0.497 e. The van der Waals surface area contributed by atoms with E-state index in [1.54, 1.807) is 29.9 Å². The number of thioether (sulfide) groups is 1. The summed E-state index contributed by atoms with van der Waals surface area (Å²) < 4.78 is 12.7. The Bertz CT molecular complexity index is 1190. The van der Waals surface area contributed by atoms with E-state index in [-0.39, 0.29) is 17.2 Å². The number of anilines is 2. The summed E-state index contributed by atoms with van der Waals surface area (Å²) in [5.41, 5.74) is 0.886. The lowest BCUT2D eigenvalue weighted by molar-refractivity contribution is -0.113. The van der Waals surface area contributed by atoms with Crippen molar-refractivity contribution in [3.8, 4) is 11.5 Å². The Hall–Kier alpha value is -2.79. The quantitative estimate of drug-likeness (QED) is 0.392. The number of rotatable bonds is 8. The number of benzene rings is 1. The number of carbonyl (C=O) groups excluding carboxylic acids is 1. The van der Waals surface area contributed by atoms with E-state index >= 15 is 0 Å². The average Bonchev–Trinajstić information content (AvgIpc) is 3.48. The predicted molar refractivity (Wildman–Crippen MR) is 128 cm³/mol. The molecule has 0 spiro atoms. The van der Waals surface area contributed by atoms with Gasteiger partial charge in [-0.25, -0.2) is 4.98 Å². The van der Waals surface area contributed by atoms with Crippen molar-refractivity contribution in [1.82, 2.24) is 14.5 Å². The summed E-state index contributed by atoms with van der Waals surface area (Å²) >= 11 is 2.61. The average molecular weight is 476 g/mol. The number of amides is 1. The van der Waals surface area contributed by atoms with Crippen molar-refractivity contribution in [1.29, 1.82) is 0 Å². The summed E-state index contributed by atoms with van der Waals surface area (Å²) in [6.45, 7) is 4.27. The lowest BCUT2D eigenvalue weighted by Crippen LogP contribution is -2.23. The molecule has 3 aromatic rings.